The van der Waals surface area contributed by atoms with Gasteiger partial charge in [0.1, 0.15) is 10.8 Å². The van der Waals surface area contributed by atoms with Gasteiger partial charge in [-0.2, -0.15) is 0 Å². The Kier molecular flexibility index (Phi) is 6.15. The van der Waals surface area contributed by atoms with E-state index in [9.17, 15) is 4.79 Å². The molecule has 0 aliphatic heterocycles. The SMILES string of the molecule is CCCc1nnc(NC(=O)CCCOc2ccccc2)s1. The van der Waals surface area contributed by atoms with Crippen molar-refractivity contribution in [3.05, 3.63) is 35.3 Å². The lowest BCUT2D eigenvalue weighted by Crippen LogP contribution is -2.12. The Morgan fingerprint density at radius 3 is 2.86 bits per heavy atom. The molecule has 1 heterocycles. The Morgan fingerprint density at radius 1 is 1.29 bits per heavy atom. The van der Waals surface area contributed by atoms with Crippen molar-refractivity contribution < 1.29 is 9.53 Å². The molecule has 1 aromatic heterocycles. The lowest BCUT2D eigenvalue weighted by molar-refractivity contribution is -0.116. The Hall–Kier alpha value is -1.95. The molecule has 5 nitrogen and oxygen atoms in total. The highest BCUT2D eigenvalue weighted by Gasteiger charge is 2.07. The van der Waals surface area contributed by atoms with Crippen molar-refractivity contribution in [1.29, 1.82) is 0 Å². The van der Waals surface area contributed by atoms with E-state index in [4.69, 9.17) is 4.74 Å². The van der Waals surface area contributed by atoms with Crippen molar-refractivity contribution in [3.63, 3.8) is 0 Å². The molecule has 1 aromatic carbocycles. The molecule has 0 spiro atoms. The van der Waals surface area contributed by atoms with Crippen molar-refractivity contribution in [3.8, 4) is 5.75 Å². The zero-order valence-corrected chi connectivity index (χ0v) is 12.9. The van der Waals surface area contributed by atoms with Crippen LogP contribution in [0, 0.1) is 0 Å². The van der Waals surface area contributed by atoms with Crippen LogP contribution in [0.4, 0.5) is 5.13 Å². The second kappa shape index (κ2) is 8.36. The van der Waals surface area contributed by atoms with E-state index in [1.54, 1.807) is 0 Å². The number of amides is 1. The molecule has 0 aliphatic carbocycles. The summed E-state index contributed by atoms with van der Waals surface area (Å²) in [6, 6.07) is 9.58. The first-order valence-electron chi connectivity index (χ1n) is 7.08. The molecule has 0 aliphatic rings. The Bertz CT molecular complexity index is 557. The van der Waals surface area contributed by atoms with Gasteiger partial charge in [0, 0.05) is 12.8 Å². The van der Waals surface area contributed by atoms with Crippen LogP contribution in [0.1, 0.15) is 31.2 Å². The molecule has 6 heteroatoms. The summed E-state index contributed by atoms with van der Waals surface area (Å²) in [5.41, 5.74) is 0. The topological polar surface area (TPSA) is 64.1 Å². The lowest BCUT2D eigenvalue weighted by atomic mass is 10.3. The second-order valence-corrected chi connectivity index (χ2v) is 5.63. The summed E-state index contributed by atoms with van der Waals surface area (Å²) in [5, 5.41) is 12.3. The highest BCUT2D eigenvalue weighted by Crippen LogP contribution is 2.16. The lowest BCUT2D eigenvalue weighted by Gasteiger charge is -2.05. The normalized spacial score (nSPS) is 10.3. The minimum absolute atomic E-state index is 0.0501. The minimum Gasteiger partial charge on any atom is -0.494 e. The molecule has 2 aromatic rings. The summed E-state index contributed by atoms with van der Waals surface area (Å²) in [4.78, 5) is 11.8. The maximum atomic E-state index is 11.8. The highest BCUT2D eigenvalue weighted by molar-refractivity contribution is 7.15. The summed E-state index contributed by atoms with van der Waals surface area (Å²) >= 11 is 1.44. The number of hydrogen-bond donors (Lipinski definition) is 1. The van der Waals surface area contributed by atoms with Crippen LogP contribution in [0.5, 0.6) is 5.75 Å². The monoisotopic (exact) mass is 305 g/mol. The zero-order valence-electron chi connectivity index (χ0n) is 12.0. The summed E-state index contributed by atoms with van der Waals surface area (Å²) in [6.45, 7) is 2.61. The van der Waals surface area contributed by atoms with Crippen LogP contribution in [-0.2, 0) is 11.2 Å². The predicted octanol–water partition coefficient (Wildman–Crippen LogP) is 3.29. The summed E-state index contributed by atoms with van der Waals surface area (Å²) < 4.78 is 5.54. The number of para-hydroxylation sites is 1. The zero-order chi connectivity index (χ0) is 14.9. The van der Waals surface area contributed by atoms with Crippen LogP contribution in [0.2, 0.25) is 0 Å². The van der Waals surface area contributed by atoms with Gasteiger partial charge in [0.2, 0.25) is 11.0 Å². The molecule has 112 valence electrons. The number of anilines is 1. The largest absolute Gasteiger partial charge is 0.494 e. The van der Waals surface area contributed by atoms with E-state index in [0.717, 1.165) is 23.6 Å². The van der Waals surface area contributed by atoms with Crippen LogP contribution in [0.3, 0.4) is 0 Å². The fourth-order valence-electron chi connectivity index (χ4n) is 1.74. The van der Waals surface area contributed by atoms with Crippen LogP contribution in [0.15, 0.2) is 30.3 Å². The summed E-state index contributed by atoms with van der Waals surface area (Å²) in [7, 11) is 0. The quantitative estimate of drug-likeness (QED) is 0.760. The Morgan fingerprint density at radius 2 is 2.10 bits per heavy atom. The molecule has 2 rings (SSSR count). The molecule has 1 N–H and O–H groups in total. The van der Waals surface area contributed by atoms with E-state index in [1.165, 1.54) is 11.3 Å². The predicted molar refractivity (Wildman–Crippen MR) is 83.7 cm³/mol. The van der Waals surface area contributed by atoms with Crippen LogP contribution in [-0.4, -0.2) is 22.7 Å². The van der Waals surface area contributed by atoms with Gasteiger partial charge in [0.15, 0.2) is 0 Å². The van der Waals surface area contributed by atoms with Gasteiger partial charge >= 0.3 is 0 Å². The van der Waals surface area contributed by atoms with Crippen molar-refractivity contribution in [2.24, 2.45) is 0 Å². The average molecular weight is 305 g/mol. The Balaban J connectivity index is 1.65. The summed E-state index contributed by atoms with van der Waals surface area (Å²) in [6.07, 6.45) is 3.01. The first-order chi connectivity index (χ1) is 10.3. The molecule has 1 amide bonds. The average Bonchev–Trinajstić information content (AvgIpc) is 2.92. The number of carbonyl (C=O) groups excluding carboxylic acids is 1. The number of aryl methyl sites for hydroxylation is 1. The number of nitrogens with one attached hydrogen (secondary N) is 1. The molecule has 0 radical (unpaired) electrons. The van der Waals surface area contributed by atoms with Crippen LogP contribution in [0.25, 0.3) is 0 Å². The van der Waals surface area contributed by atoms with E-state index >= 15 is 0 Å². The fourth-order valence-corrected chi connectivity index (χ4v) is 2.60. The third-order valence-electron chi connectivity index (χ3n) is 2.74. The number of hydrogen-bond acceptors (Lipinski definition) is 5. The minimum atomic E-state index is -0.0501. The molecule has 0 saturated carbocycles. The maximum Gasteiger partial charge on any atom is 0.226 e. The third kappa shape index (κ3) is 5.51. The van der Waals surface area contributed by atoms with Gasteiger partial charge < -0.3 is 10.1 Å². The van der Waals surface area contributed by atoms with Gasteiger partial charge in [-0.25, -0.2) is 0 Å². The maximum absolute atomic E-state index is 11.8. The highest BCUT2D eigenvalue weighted by atomic mass is 32.1. The van der Waals surface area contributed by atoms with Crippen LogP contribution >= 0.6 is 11.3 Å². The Labute approximate surface area is 128 Å². The molecule has 0 saturated heterocycles. The molecule has 0 fully saturated rings. The molecule has 0 unspecified atom stereocenters. The van der Waals surface area contributed by atoms with Crippen LogP contribution < -0.4 is 10.1 Å². The fraction of sp³-hybridized carbons (Fsp3) is 0.400. The van der Waals surface area contributed by atoms with Crippen molar-refractivity contribution in [2.75, 3.05) is 11.9 Å². The van der Waals surface area contributed by atoms with Gasteiger partial charge in [0.25, 0.3) is 0 Å². The number of ether oxygens (including phenoxy) is 1. The smallest absolute Gasteiger partial charge is 0.226 e. The molecular weight excluding hydrogens is 286 g/mol. The number of nitrogens with zero attached hydrogens (tertiary/aromatic N) is 2. The molecule has 0 atom stereocenters. The van der Waals surface area contributed by atoms with Gasteiger partial charge in [0.05, 0.1) is 6.61 Å². The van der Waals surface area contributed by atoms with E-state index in [-0.39, 0.29) is 5.91 Å². The first-order valence-corrected chi connectivity index (χ1v) is 7.89. The standard InChI is InChI=1S/C15H19N3O2S/c1-2-7-14-17-18-15(21-14)16-13(19)10-6-11-20-12-8-4-3-5-9-12/h3-5,8-9H,2,6-7,10-11H2,1H3,(H,16,18,19). The van der Waals surface area contributed by atoms with E-state index in [2.05, 4.69) is 22.4 Å². The first kappa shape index (κ1) is 15.4. The second-order valence-electron chi connectivity index (χ2n) is 4.56. The molecular formula is C15H19N3O2S. The van der Waals surface area contributed by atoms with Crippen molar-refractivity contribution >= 4 is 22.4 Å². The number of aromatic nitrogens is 2. The van der Waals surface area contributed by atoms with Crippen molar-refractivity contribution in [1.82, 2.24) is 10.2 Å². The number of benzene rings is 1. The van der Waals surface area contributed by atoms with Gasteiger partial charge in [-0.1, -0.05) is 36.5 Å². The molecule has 21 heavy (non-hydrogen) atoms. The van der Waals surface area contributed by atoms with Gasteiger partial charge in [-0.05, 0) is 25.0 Å². The number of rotatable bonds is 8. The number of carbonyl (C=O) groups is 1. The van der Waals surface area contributed by atoms with Crippen molar-refractivity contribution in [2.45, 2.75) is 32.6 Å². The van der Waals surface area contributed by atoms with Gasteiger partial charge in [-0.3, -0.25) is 4.79 Å². The van der Waals surface area contributed by atoms with E-state index < -0.39 is 0 Å². The van der Waals surface area contributed by atoms with E-state index in [1.807, 2.05) is 30.3 Å². The van der Waals surface area contributed by atoms with Gasteiger partial charge in [-0.15, -0.1) is 10.2 Å². The van der Waals surface area contributed by atoms with E-state index in [0.29, 0.717) is 24.6 Å². The summed E-state index contributed by atoms with van der Waals surface area (Å²) in [5.74, 6) is 0.775. The third-order valence-corrected chi connectivity index (χ3v) is 3.64. The molecule has 0 bridgehead atoms.